The van der Waals surface area contributed by atoms with Gasteiger partial charge in [-0.05, 0) is 37.9 Å². The summed E-state index contributed by atoms with van der Waals surface area (Å²) in [5.74, 6) is -0.0657. The molecule has 0 unspecified atom stereocenters. The van der Waals surface area contributed by atoms with Gasteiger partial charge in [0.2, 0.25) is 0 Å². The Morgan fingerprint density at radius 3 is 2.68 bits per heavy atom. The molecule has 1 saturated heterocycles. The molecule has 1 aromatic carbocycles. The number of nitrogens with two attached hydrogens (primary N) is 1. The van der Waals surface area contributed by atoms with Gasteiger partial charge in [-0.2, -0.15) is 0 Å². The molecular formula is C19H26N4OS. The largest absolute Gasteiger partial charge is 0.375 e. The SMILES string of the molecule is CCc1nc(N)sc1C(=O)NC[C@H](c1ccccc1)N1CCCCC1. The van der Waals surface area contributed by atoms with Crippen molar-refractivity contribution in [3.05, 3.63) is 46.5 Å². The van der Waals surface area contributed by atoms with Crippen LogP contribution in [0.5, 0.6) is 0 Å². The van der Waals surface area contributed by atoms with Gasteiger partial charge in [-0.25, -0.2) is 4.98 Å². The molecule has 5 nitrogen and oxygen atoms in total. The number of likely N-dealkylation sites (tertiary alicyclic amines) is 1. The Labute approximate surface area is 153 Å². The Balaban J connectivity index is 1.72. The van der Waals surface area contributed by atoms with E-state index in [0.29, 0.717) is 23.0 Å². The Morgan fingerprint density at radius 2 is 2.00 bits per heavy atom. The van der Waals surface area contributed by atoms with Gasteiger partial charge >= 0.3 is 0 Å². The number of carbonyl (C=O) groups excluding carboxylic acids is 1. The maximum Gasteiger partial charge on any atom is 0.263 e. The first-order valence-corrected chi connectivity index (χ1v) is 9.83. The van der Waals surface area contributed by atoms with Gasteiger partial charge in [0.25, 0.3) is 5.91 Å². The molecule has 1 atom stereocenters. The predicted octanol–water partition coefficient (Wildman–Crippen LogP) is 3.24. The smallest absolute Gasteiger partial charge is 0.263 e. The molecule has 134 valence electrons. The van der Waals surface area contributed by atoms with Gasteiger partial charge < -0.3 is 11.1 Å². The third-order valence-corrected chi connectivity index (χ3v) is 5.65. The molecule has 1 fully saturated rings. The summed E-state index contributed by atoms with van der Waals surface area (Å²) in [6, 6.07) is 10.7. The number of aryl methyl sites for hydroxylation is 1. The van der Waals surface area contributed by atoms with Crippen molar-refractivity contribution in [2.75, 3.05) is 25.4 Å². The number of nitrogen functional groups attached to an aromatic ring is 1. The Morgan fingerprint density at radius 1 is 1.28 bits per heavy atom. The van der Waals surface area contributed by atoms with Crippen molar-refractivity contribution in [2.45, 2.75) is 38.6 Å². The molecule has 25 heavy (non-hydrogen) atoms. The van der Waals surface area contributed by atoms with Crippen molar-refractivity contribution in [1.29, 1.82) is 0 Å². The lowest BCUT2D eigenvalue weighted by Crippen LogP contribution is -2.40. The molecule has 3 rings (SSSR count). The Hall–Kier alpha value is -1.92. The molecular weight excluding hydrogens is 332 g/mol. The number of nitrogens with one attached hydrogen (secondary N) is 1. The number of hydrogen-bond donors (Lipinski definition) is 2. The summed E-state index contributed by atoms with van der Waals surface area (Å²) < 4.78 is 0. The Bertz CT molecular complexity index is 695. The van der Waals surface area contributed by atoms with Crippen LogP contribution in [0.4, 0.5) is 5.13 Å². The molecule has 1 amide bonds. The molecule has 1 aliphatic heterocycles. The number of nitrogens with zero attached hydrogens (tertiary/aromatic N) is 2. The van der Waals surface area contributed by atoms with Crippen molar-refractivity contribution >= 4 is 22.4 Å². The van der Waals surface area contributed by atoms with E-state index in [1.807, 2.05) is 13.0 Å². The van der Waals surface area contributed by atoms with Crippen LogP contribution in [0.3, 0.4) is 0 Å². The fourth-order valence-electron chi connectivity index (χ4n) is 3.42. The van der Waals surface area contributed by atoms with Crippen LogP contribution in [0.25, 0.3) is 0 Å². The van der Waals surface area contributed by atoms with Crippen molar-refractivity contribution in [1.82, 2.24) is 15.2 Å². The summed E-state index contributed by atoms with van der Waals surface area (Å²) in [6.07, 6.45) is 4.46. The molecule has 0 bridgehead atoms. The number of amides is 1. The number of piperidine rings is 1. The van der Waals surface area contributed by atoms with E-state index in [1.165, 1.54) is 36.2 Å². The molecule has 2 heterocycles. The summed E-state index contributed by atoms with van der Waals surface area (Å²) in [6.45, 7) is 4.77. The third-order valence-electron chi connectivity index (χ3n) is 4.73. The van der Waals surface area contributed by atoms with Gasteiger partial charge in [0.1, 0.15) is 4.88 Å². The van der Waals surface area contributed by atoms with E-state index < -0.39 is 0 Å². The minimum Gasteiger partial charge on any atom is -0.375 e. The van der Waals surface area contributed by atoms with Crippen LogP contribution >= 0.6 is 11.3 Å². The molecule has 0 saturated carbocycles. The second-order valence-corrected chi connectivity index (χ2v) is 7.45. The average molecular weight is 359 g/mol. The highest BCUT2D eigenvalue weighted by Gasteiger charge is 2.24. The zero-order valence-electron chi connectivity index (χ0n) is 14.7. The maximum atomic E-state index is 12.6. The van der Waals surface area contributed by atoms with Crippen molar-refractivity contribution in [3.63, 3.8) is 0 Å². The number of carbonyl (C=O) groups is 1. The monoisotopic (exact) mass is 358 g/mol. The van der Waals surface area contributed by atoms with Crippen LogP contribution in [-0.2, 0) is 6.42 Å². The molecule has 6 heteroatoms. The van der Waals surface area contributed by atoms with Gasteiger partial charge in [0.15, 0.2) is 5.13 Å². The zero-order valence-corrected chi connectivity index (χ0v) is 15.5. The van der Waals surface area contributed by atoms with E-state index in [4.69, 9.17) is 5.73 Å². The predicted molar refractivity (Wildman–Crippen MR) is 103 cm³/mol. The van der Waals surface area contributed by atoms with Gasteiger partial charge in [0.05, 0.1) is 11.7 Å². The highest BCUT2D eigenvalue weighted by atomic mass is 32.1. The van der Waals surface area contributed by atoms with Crippen molar-refractivity contribution in [3.8, 4) is 0 Å². The molecule has 0 spiro atoms. The van der Waals surface area contributed by atoms with E-state index in [9.17, 15) is 4.79 Å². The zero-order chi connectivity index (χ0) is 17.6. The van der Waals surface area contributed by atoms with Crippen LogP contribution in [0, 0.1) is 0 Å². The van der Waals surface area contributed by atoms with Crippen LogP contribution in [0.1, 0.15) is 53.2 Å². The van der Waals surface area contributed by atoms with Crippen LogP contribution < -0.4 is 11.1 Å². The average Bonchev–Trinajstić information content (AvgIpc) is 3.04. The van der Waals surface area contributed by atoms with E-state index in [0.717, 1.165) is 18.8 Å². The van der Waals surface area contributed by atoms with Gasteiger partial charge in [-0.3, -0.25) is 9.69 Å². The van der Waals surface area contributed by atoms with Gasteiger partial charge in [-0.15, -0.1) is 0 Å². The van der Waals surface area contributed by atoms with E-state index in [-0.39, 0.29) is 11.9 Å². The van der Waals surface area contributed by atoms with Crippen LogP contribution in [-0.4, -0.2) is 35.4 Å². The van der Waals surface area contributed by atoms with Crippen molar-refractivity contribution < 1.29 is 4.79 Å². The fourth-order valence-corrected chi connectivity index (χ4v) is 4.26. The molecule has 1 aromatic heterocycles. The third kappa shape index (κ3) is 4.38. The van der Waals surface area contributed by atoms with E-state index in [2.05, 4.69) is 39.5 Å². The molecule has 0 aliphatic carbocycles. The number of benzene rings is 1. The van der Waals surface area contributed by atoms with Crippen molar-refractivity contribution in [2.24, 2.45) is 0 Å². The summed E-state index contributed by atoms with van der Waals surface area (Å²) in [4.78, 5) is 20.0. The van der Waals surface area contributed by atoms with Crippen LogP contribution in [0.2, 0.25) is 0 Å². The lowest BCUT2D eigenvalue weighted by molar-refractivity contribution is 0.0927. The number of hydrogen-bond acceptors (Lipinski definition) is 5. The first-order chi connectivity index (χ1) is 12.2. The summed E-state index contributed by atoms with van der Waals surface area (Å²) in [7, 11) is 0. The Kier molecular flexibility index (Phi) is 6.04. The quantitative estimate of drug-likeness (QED) is 0.831. The second kappa shape index (κ2) is 8.45. The highest BCUT2D eigenvalue weighted by molar-refractivity contribution is 7.17. The minimum absolute atomic E-state index is 0.0657. The first kappa shape index (κ1) is 17.9. The second-order valence-electron chi connectivity index (χ2n) is 6.41. The normalized spacial score (nSPS) is 16.5. The number of anilines is 1. The lowest BCUT2D eigenvalue weighted by Gasteiger charge is -2.35. The number of aromatic nitrogens is 1. The summed E-state index contributed by atoms with van der Waals surface area (Å²) >= 11 is 1.27. The van der Waals surface area contributed by atoms with Crippen LogP contribution in [0.15, 0.2) is 30.3 Å². The maximum absolute atomic E-state index is 12.6. The fraction of sp³-hybridized carbons (Fsp3) is 0.474. The topological polar surface area (TPSA) is 71.2 Å². The van der Waals surface area contributed by atoms with Gasteiger partial charge in [0, 0.05) is 6.54 Å². The van der Waals surface area contributed by atoms with Gasteiger partial charge in [-0.1, -0.05) is 55.0 Å². The molecule has 1 aliphatic rings. The highest BCUT2D eigenvalue weighted by Crippen LogP contribution is 2.25. The van der Waals surface area contributed by atoms with E-state index in [1.54, 1.807) is 0 Å². The standard InChI is InChI=1S/C19H26N4OS/c1-2-15-17(25-19(20)22-15)18(24)21-13-16(14-9-5-3-6-10-14)23-11-7-4-8-12-23/h3,5-6,9-10,16H,2,4,7-8,11-13H2,1H3,(H2,20,22)(H,21,24)/t16-/m1/s1. The number of thiazole rings is 1. The van der Waals surface area contributed by atoms with E-state index >= 15 is 0 Å². The molecule has 2 aromatic rings. The molecule has 0 radical (unpaired) electrons. The summed E-state index contributed by atoms with van der Waals surface area (Å²) in [5.41, 5.74) is 7.82. The first-order valence-electron chi connectivity index (χ1n) is 9.01. The number of rotatable bonds is 6. The summed E-state index contributed by atoms with van der Waals surface area (Å²) in [5, 5.41) is 3.57. The molecule has 3 N–H and O–H groups in total. The minimum atomic E-state index is -0.0657. The lowest BCUT2D eigenvalue weighted by atomic mass is 10.0.